The van der Waals surface area contributed by atoms with Gasteiger partial charge in [-0.25, -0.2) is 9.59 Å². The number of amides is 2. The molecule has 2 N–H and O–H groups in total. The molecule has 2 amide bonds. The maximum Gasteiger partial charge on any atom is 0.514 e. The van der Waals surface area contributed by atoms with Crippen LogP contribution in [0.1, 0.15) is 72.8 Å². The molecule has 1 rings (SSSR count). The van der Waals surface area contributed by atoms with Gasteiger partial charge in [0.15, 0.2) is 0 Å². The van der Waals surface area contributed by atoms with E-state index >= 15 is 0 Å². The van der Waals surface area contributed by atoms with Gasteiger partial charge in [0.25, 0.3) is 0 Å². The molecule has 0 saturated carbocycles. The topological polar surface area (TPSA) is 129 Å². The fraction of sp³-hybridized carbons (Fsp3) is 0.615. The summed E-state index contributed by atoms with van der Waals surface area (Å²) in [5.74, 6) is -0.327. The smallest absolute Gasteiger partial charge is 0.469 e. The first-order valence-corrected chi connectivity index (χ1v) is 12.0. The lowest BCUT2D eigenvalue weighted by atomic mass is 10.0. The fourth-order valence-corrected chi connectivity index (χ4v) is 2.96. The number of nitrogens with one attached hydrogen (secondary N) is 2. The predicted octanol–water partition coefficient (Wildman–Crippen LogP) is 4.29. The number of rotatable bonds is 11. The largest absolute Gasteiger partial charge is 0.514 e. The molecule has 0 aliphatic heterocycles. The number of alkyl carbamates (subject to hydrolysis) is 1. The van der Waals surface area contributed by atoms with Gasteiger partial charge in [0.05, 0.1) is 7.11 Å². The number of carbonyl (C=O) groups excluding carboxylic acids is 4. The molecule has 1 atom stereocenters. The molecule has 0 fully saturated rings. The van der Waals surface area contributed by atoms with Crippen LogP contribution in [0.5, 0.6) is 5.75 Å². The van der Waals surface area contributed by atoms with Gasteiger partial charge >= 0.3 is 18.2 Å². The zero-order chi connectivity index (χ0) is 27.4. The van der Waals surface area contributed by atoms with Crippen LogP contribution in [-0.4, -0.2) is 55.0 Å². The minimum absolute atomic E-state index is 0.195. The van der Waals surface area contributed by atoms with E-state index in [1.807, 2.05) is 0 Å². The van der Waals surface area contributed by atoms with Gasteiger partial charge in [-0.15, -0.1) is 0 Å². The average Bonchev–Trinajstić information content (AvgIpc) is 2.73. The molecule has 0 aromatic heterocycles. The highest BCUT2D eigenvalue weighted by Crippen LogP contribution is 2.17. The molecule has 202 valence electrons. The summed E-state index contributed by atoms with van der Waals surface area (Å²) in [6.45, 7) is 10.8. The summed E-state index contributed by atoms with van der Waals surface area (Å²) in [5, 5.41) is 5.45. The van der Waals surface area contributed by atoms with Crippen LogP contribution in [0.15, 0.2) is 24.3 Å². The van der Waals surface area contributed by atoms with Crippen LogP contribution in [0.2, 0.25) is 0 Å². The van der Waals surface area contributed by atoms with Crippen LogP contribution < -0.4 is 15.4 Å². The lowest BCUT2D eigenvalue weighted by Crippen LogP contribution is -2.49. The SMILES string of the molecule is COC(=O)CCCCCNC(=O)[C@H](Cc1ccc(OC(=O)OC(C)(C)C)cc1)NC(=O)OC(C)(C)C. The summed E-state index contributed by atoms with van der Waals surface area (Å²) >= 11 is 0. The zero-order valence-corrected chi connectivity index (χ0v) is 22.4. The van der Waals surface area contributed by atoms with E-state index in [2.05, 4.69) is 15.4 Å². The third kappa shape index (κ3) is 14.2. The molecule has 0 radical (unpaired) electrons. The van der Waals surface area contributed by atoms with Crippen LogP contribution >= 0.6 is 0 Å². The molecular weight excluding hydrogens is 468 g/mol. The average molecular weight is 509 g/mol. The van der Waals surface area contributed by atoms with Crippen LogP contribution in [0.4, 0.5) is 9.59 Å². The van der Waals surface area contributed by atoms with E-state index in [0.29, 0.717) is 31.6 Å². The van der Waals surface area contributed by atoms with Crippen molar-refractivity contribution >= 4 is 24.1 Å². The van der Waals surface area contributed by atoms with Crippen molar-refractivity contribution in [1.82, 2.24) is 10.6 Å². The quantitative estimate of drug-likeness (QED) is 0.196. The Balaban J connectivity index is 2.74. The number of ether oxygens (including phenoxy) is 4. The van der Waals surface area contributed by atoms with Gasteiger partial charge in [-0.3, -0.25) is 9.59 Å². The highest BCUT2D eigenvalue weighted by Gasteiger charge is 2.25. The lowest BCUT2D eigenvalue weighted by molar-refractivity contribution is -0.140. The Kier molecular flexibility index (Phi) is 12.2. The molecule has 0 aliphatic carbocycles. The molecule has 0 spiro atoms. The van der Waals surface area contributed by atoms with Crippen LogP contribution in [-0.2, 0) is 30.2 Å². The fourth-order valence-electron chi connectivity index (χ4n) is 2.96. The van der Waals surface area contributed by atoms with Crippen LogP contribution in [0, 0.1) is 0 Å². The van der Waals surface area contributed by atoms with Gasteiger partial charge in [0.1, 0.15) is 23.0 Å². The maximum atomic E-state index is 12.8. The summed E-state index contributed by atoms with van der Waals surface area (Å²) in [6.07, 6.45) is 1.11. The lowest BCUT2D eigenvalue weighted by Gasteiger charge is -2.23. The monoisotopic (exact) mass is 508 g/mol. The number of benzene rings is 1. The Bertz CT molecular complexity index is 869. The number of hydrogen-bond acceptors (Lipinski definition) is 8. The Morgan fingerprint density at radius 3 is 2.03 bits per heavy atom. The third-order valence-electron chi connectivity index (χ3n) is 4.55. The molecule has 1 aromatic rings. The van der Waals surface area contributed by atoms with E-state index in [0.717, 1.165) is 12.0 Å². The van der Waals surface area contributed by atoms with Crippen molar-refractivity contribution < 1.29 is 38.1 Å². The van der Waals surface area contributed by atoms with Crippen molar-refractivity contribution in [3.63, 3.8) is 0 Å². The second kappa shape index (κ2) is 14.3. The van der Waals surface area contributed by atoms with Gasteiger partial charge in [0, 0.05) is 19.4 Å². The Morgan fingerprint density at radius 2 is 1.47 bits per heavy atom. The maximum absolute atomic E-state index is 12.8. The molecule has 10 heteroatoms. The standard InChI is InChI=1S/C26H40N2O8/c1-25(2,3)35-23(31)28-20(22(30)27-16-10-8-9-11-21(29)33-7)17-18-12-14-19(15-13-18)34-24(32)36-26(4,5)6/h12-15,20H,8-11,16-17H2,1-7H3,(H,27,30)(H,28,31)/t20-/m0/s1. The molecule has 1 aromatic carbocycles. The van der Waals surface area contributed by atoms with Gasteiger partial charge in [-0.05, 0) is 72.1 Å². The Hall–Kier alpha value is -3.30. The number of hydrogen-bond donors (Lipinski definition) is 2. The highest BCUT2D eigenvalue weighted by atomic mass is 16.7. The van der Waals surface area contributed by atoms with E-state index in [-0.39, 0.29) is 18.3 Å². The predicted molar refractivity (Wildman–Crippen MR) is 134 cm³/mol. The van der Waals surface area contributed by atoms with E-state index in [4.69, 9.17) is 14.2 Å². The Morgan fingerprint density at radius 1 is 0.861 bits per heavy atom. The Labute approximate surface area is 213 Å². The summed E-state index contributed by atoms with van der Waals surface area (Å²) in [4.78, 5) is 48.2. The molecule has 0 heterocycles. The van der Waals surface area contributed by atoms with E-state index in [1.54, 1.807) is 65.8 Å². The summed E-state index contributed by atoms with van der Waals surface area (Å²) in [7, 11) is 1.35. The normalized spacial score (nSPS) is 12.2. The first-order valence-electron chi connectivity index (χ1n) is 12.0. The molecule has 0 bridgehead atoms. The van der Waals surface area contributed by atoms with E-state index < -0.39 is 29.5 Å². The van der Waals surface area contributed by atoms with Crippen molar-refractivity contribution in [3.8, 4) is 5.75 Å². The molecule has 0 saturated heterocycles. The van der Waals surface area contributed by atoms with Gasteiger partial charge in [0.2, 0.25) is 5.91 Å². The number of unbranched alkanes of at least 4 members (excludes halogenated alkanes) is 2. The molecular formula is C26H40N2O8. The van der Waals surface area contributed by atoms with E-state index in [9.17, 15) is 19.2 Å². The molecule has 0 aliphatic rings. The van der Waals surface area contributed by atoms with E-state index in [1.165, 1.54) is 7.11 Å². The number of esters is 1. The summed E-state index contributed by atoms with van der Waals surface area (Å²) in [5.41, 5.74) is -0.654. The molecule has 36 heavy (non-hydrogen) atoms. The summed E-state index contributed by atoms with van der Waals surface area (Å²) < 4.78 is 20.2. The van der Waals surface area contributed by atoms with Crippen LogP contribution in [0.3, 0.4) is 0 Å². The molecule has 10 nitrogen and oxygen atoms in total. The second-order valence-corrected chi connectivity index (χ2v) is 10.3. The zero-order valence-electron chi connectivity index (χ0n) is 22.4. The minimum atomic E-state index is -0.882. The second-order valence-electron chi connectivity index (χ2n) is 10.3. The van der Waals surface area contributed by atoms with Gasteiger partial charge < -0.3 is 29.6 Å². The van der Waals surface area contributed by atoms with Crippen molar-refractivity contribution in [2.24, 2.45) is 0 Å². The van der Waals surface area contributed by atoms with Gasteiger partial charge in [-0.1, -0.05) is 18.6 Å². The highest BCUT2D eigenvalue weighted by molar-refractivity contribution is 5.86. The van der Waals surface area contributed by atoms with Crippen molar-refractivity contribution in [2.45, 2.75) is 90.9 Å². The van der Waals surface area contributed by atoms with Crippen molar-refractivity contribution in [1.29, 1.82) is 0 Å². The number of carbonyl (C=O) groups is 4. The third-order valence-corrected chi connectivity index (χ3v) is 4.55. The molecule has 0 unspecified atom stereocenters. The van der Waals surface area contributed by atoms with Gasteiger partial charge in [-0.2, -0.15) is 0 Å². The van der Waals surface area contributed by atoms with Crippen LogP contribution in [0.25, 0.3) is 0 Å². The first-order chi connectivity index (χ1) is 16.7. The van der Waals surface area contributed by atoms with Crippen molar-refractivity contribution in [3.05, 3.63) is 29.8 Å². The minimum Gasteiger partial charge on any atom is -0.469 e. The van der Waals surface area contributed by atoms with Crippen molar-refractivity contribution in [2.75, 3.05) is 13.7 Å². The number of methoxy groups -OCH3 is 1. The first kappa shape index (κ1) is 30.7. The summed E-state index contributed by atoms with van der Waals surface area (Å²) in [6, 6.07) is 5.69.